The van der Waals surface area contributed by atoms with Gasteiger partial charge in [-0.05, 0) is 37.0 Å². The SMILES string of the molecule is FC(F)(F)C(Nc1cccc(Cl)c1)C1CCCCC1. The highest BCUT2D eigenvalue weighted by atomic mass is 35.5. The van der Waals surface area contributed by atoms with Crippen molar-refractivity contribution in [1.82, 2.24) is 0 Å². The van der Waals surface area contributed by atoms with Gasteiger partial charge in [0, 0.05) is 10.7 Å². The Balaban J connectivity index is 2.14. The second-order valence-electron chi connectivity index (χ2n) is 5.07. The molecule has 1 nitrogen and oxygen atoms in total. The van der Waals surface area contributed by atoms with Crippen molar-refractivity contribution < 1.29 is 13.2 Å². The highest BCUT2D eigenvalue weighted by Gasteiger charge is 2.44. The number of halogens is 4. The summed E-state index contributed by atoms with van der Waals surface area (Å²) in [5, 5.41) is 3.06. The fourth-order valence-corrected chi connectivity index (χ4v) is 2.88. The van der Waals surface area contributed by atoms with E-state index in [9.17, 15) is 13.2 Å². The van der Waals surface area contributed by atoms with Crippen molar-refractivity contribution >= 4 is 17.3 Å². The number of nitrogens with one attached hydrogen (secondary N) is 1. The molecule has 1 fully saturated rings. The second kappa shape index (κ2) is 6.04. The summed E-state index contributed by atoms with van der Waals surface area (Å²) in [5.74, 6) is -0.340. The molecule has 0 heterocycles. The van der Waals surface area contributed by atoms with Crippen LogP contribution in [0.4, 0.5) is 18.9 Å². The fourth-order valence-electron chi connectivity index (χ4n) is 2.69. The zero-order valence-electron chi connectivity index (χ0n) is 10.5. The maximum atomic E-state index is 13.2. The lowest BCUT2D eigenvalue weighted by Gasteiger charge is -2.33. The van der Waals surface area contributed by atoms with E-state index in [1.54, 1.807) is 18.2 Å². The molecule has 1 aromatic carbocycles. The van der Waals surface area contributed by atoms with Crippen LogP contribution in [0, 0.1) is 5.92 Å². The van der Waals surface area contributed by atoms with E-state index in [0.717, 1.165) is 19.3 Å². The molecule has 0 aromatic heterocycles. The molecule has 1 N–H and O–H groups in total. The number of alkyl halides is 3. The first-order chi connectivity index (χ1) is 8.97. The molecule has 0 aliphatic heterocycles. The van der Waals surface area contributed by atoms with Crippen LogP contribution in [0.15, 0.2) is 24.3 Å². The highest BCUT2D eigenvalue weighted by molar-refractivity contribution is 6.30. The van der Waals surface area contributed by atoms with Crippen LogP contribution in [-0.2, 0) is 0 Å². The van der Waals surface area contributed by atoms with Gasteiger partial charge in [-0.2, -0.15) is 13.2 Å². The minimum absolute atomic E-state index is 0.340. The molecule has 0 bridgehead atoms. The third kappa shape index (κ3) is 4.03. The fraction of sp³-hybridized carbons (Fsp3) is 0.571. The molecule has 0 radical (unpaired) electrons. The predicted molar refractivity (Wildman–Crippen MR) is 71.5 cm³/mol. The molecule has 1 atom stereocenters. The molecule has 1 saturated carbocycles. The van der Waals surface area contributed by atoms with Crippen LogP contribution in [0.25, 0.3) is 0 Å². The first-order valence-electron chi connectivity index (χ1n) is 6.55. The smallest absolute Gasteiger partial charge is 0.374 e. The van der Waals surface area contributed by atoms with Gasteiger partial charge in [-0.25, -0.2) is 0 Å². The summed E-state index contributed by atoms with van der Waals surface area (Å²) in [5.41, 5.74) is 0.431. The minimum Gasteiger partial charge on any atom is -0.374 e. The molecular formula is C14H17ClF3N. The van der Waals surface area contributed by atoms with Crippen LogP contribution in [-0.4, -0.2) is 12.2 Å². The lowest BCUT2D eigenvalue weighted by atomic mass is 9.83. The summed E-state index contributed by atoms with van der Waals surface area (Å²) in [6, 6.07) is 4.97. The van der Waals surface area contributed by atoms with Crippen LogP contribution in [0.3, 0.4) is 0 Å². The van der Waals surface area contributed by atoms with E-state index >= 15 is 0 Å². The maximum Gasteiger partial charge on any atom is 0.408 e. The molecule has 0 spiro atoms. The standard InChI is InChI=1S/C14H17ClF3N/c15-11-7-4-8-12(9-11)19-13(14(16,17)18)10-5-2-1-3-6-10/h4,7-10,13,19H,1-3,5-6H2. The third-order valence-corrected chi connectivity index (χ3v) is 3.86. The highest BCUT2D eigenvalue weighted by Crippen LogP contribution is 2.36. The Hall–Kier alpha value is -0.900. The van der Waals surface area contributed by atoms with Crippen molar-refractivity contribution in [2.45, 2.75) is 44.3 Å². The molecule has 106 valence electrons. The van der Waals surface area contributed by atoms with Gasteiger partial charge < -0.3 is 5.32 Å². The van der Waals surface area contributed by atoms with E-state index in [1.807, 2.05) is 0 Å². The summed E-state index contributed by atoms with van der Waals surface area (Å²) >= 11 is 5.81. The largest absolute Gasteiger partial charge is 0.408 e. The Morgan fingerprint density at radius 3 is 2.42 bits per heavy atom. The van der Waals surface area contributed by atoms with Gasteiger partial charge in [0.05, 0.1) is 0 Å². The van der Waals surface area contributed by atoms with Crippen molar-refractivity contribution in [3.63, 3.8) is 0 Å². The van der Waals surface area contributed by atoms with E-state index in [4.69, 9.17) is 11.6 Å². The molecule has 2 rings (SSSR count). The Kier molecular flexibility index (Phi) is 4.61. The van der Waals surface area contributed by atoms with Crippen LogP contribution in [0.5, 0.6) is 0 Å². The van der Waals surface area contributed by atoms with Gasteiger partial charge in [-0.1, -0.05) is 36.9 Å². The molecule has 1 unspecified atom stereocenters. The summed E-state index contributed by atoms with van der Waals surface area (Å²) in [6.07, 6.45) is -0.152. The van der Waals surface area contributed by atoms with Crippen LogP contribution in [0.1, 0.15) is 32.1 Å². The predicted octanol–water partition coefficient (Wildman–Crippen LogP) is 5.26. The average Bonchev–Trinajstić information content (AvgIpc) is 2.36. The van der Waals surface area contributed by atoms with Crippen LogP contribution in [0.2, 0.25) is 5.02 Å². The van der Waals surface area contributed by atoms with Crippen LogP contribution >= 0.6 is 11.6 Å². The quantitative estimate of drug-likeness (QED) is 0.800. The second-order valence-corrected chi connectivity index (χ2v) is 5.51. The summed E-state index contributed by atoms with van der Waals surface area (Å²) in [6.45, 7) is 0. The number of hydrogen-bond acceptors (Lipinski definition) is 1. The minimum atomic E-state index is -4.23. The lowest BCUT2D eigenvalue weighted by molar-refractivity contribution is -0.155. The molecule has 0 amide bonds. The van der Waals surface area contributed by atoms with Crippen molar-refractivity contribution in [3.8, 4) is 0 Å². The molecule has 19 heavy (non-hydrogen) atoms. The first kappa shape index (κ1) is 14.5. The molecule has 1 aliphatic rings. The van der Waals surface area contributed by atoms with Gasteiger partial charge in [0.1, 0.15) is 6.04 Å². The van der Waals surface area contributed by atoms with Crippen molar-refractivity contribution in [2.75, 3.05) is 5.32 Å². The Morgan fingerprint density at radius 2 is 1.84 bits per heavy atom. The number of benzene rings is 1. The van der Waals surface area contributed by atoms with Crippen molar-refractivity contribution in [3.05, 3.63) is 29.3 Å². The molecular weight excluding hydrogens is 275 g/mol. The van der Waals surface area contributed by atoms with Crippen molar-refractivity contribution in [2.24, 2.45) is 5.92 Å². The molecule has 1 aromatic rings. The maximum absolute atomic E-state index is 13.2. The van der Waals surface area contributed by atoms with E-state index < -0.39 is 12.2 Å². The number of anilines is 1. The van der Waals surface area contributed by atoms with Gasteiger partial charge in [-0.3, -0.25) is 0 Å². The Bertz CT molecular complexity index is 413. The zero-order valence-corrected chi connectivity index (χ0v) is 11.3. The summed E-state index contributed by atoms with van der Waals surface area (Å²) in [7, 11) is 0. The van der Waals surface area contributed by atoms with Crippen molar-refractivity contribution in [1.29, 1.82) is 0 Å². The monoisotopic (exact) mass is 291 g/mol. The molecule has 0 saturated heterocycles. The number of rotatable bonds is 3. The molecule has 1 aliphatic carbocycles. The Morgan fingerprint density at radius 1 is 1.16 bits per heavy atom. The summed E-state index contributed by atoms with van der Waals surface area (Å²) in [4.78, 5) is 0. The third-order valence-electron chi connectivity index (χ3n) is 3.62. The summed E-state index contributed by atoms with van der Waals surface area (Å²) < 4.78 is 39.6. The molecule has 5 heteroatoms. The van der Waals surface area contributed by atoms with E-state index in [2.05, 4.69) is 5.32 Å². The average molecular weight is 292 g/mol. The Labute approximate surface area is 116 Å². The topological polar surface area (TPSA) is 12.0 Å². The number of hydrogen-bond donors (Lipinski definition) is 1. The van der Waals surface area contributed by atoms with E-state index in [0.29, 0.717) is 23.6 Å². The van der Waals surface area contributed by atoms with E-state index in [1.165, 1.54) is 6.07 Å². The first-order valence-corrected chi connectivity index (χ1v) is 6.93. The lowest BCUT2D eigenvalue weighted by Crippen LogP contribution is -2.43. The van der Waals surface area contributed by atoms with E-state index in [-0.39, 0.29) is 5.92 Å². The van der Waals surface area contributed by atoms with Crippen LogP contribution < -0.4 is 5.32 Å². The van der Waals surface area contributed by atoms with Gasteiger partial charge >= 0.3 is 6.18 Å². The van der Waals surface area contributed by atoms with Gasteiger partial charge in [0.15, 0.2) is 0 Å². The van der Waals surface area contributed by atoms with Gasteiger partial charge in [0.2, 0.25) is 0 Å². The zero-order chi connectivity index (χ0) is 13.9. The van der Waals surface area contributed by atoms with Gasteiger partial charge in [-0.15, -0.1) is 0 Å². The van der Waals surface area contributed by atoms with Gasteiger partial charge in [0.25, 0.3) is 0 Å². The normalized spacial score (nSPS) is 19.2.